The van der Waals surface area contributed by atoms with E-state index in [0.717, 1.165) is 5.92 Å². The molecular formula is C13H20. The van der Waals surface area contributed by atoms with E-state index in [1.807, 2.05) is 0 Å². The van der Waals surface area contributed by atoms with E-state index in [2.05, 4.69) is 32.9 Å². The molecule has 0 aromatic heterocycles. The molecule has 0 saturated carbocycles. The molecule has 0 bridgehead atoms. The fraction of sp³-hybridized carbons (Fsp3) is 0.692. The van der Waals surface area contributed by atoms with E-state index in [-0.39, 0.29) is 0 Å². The highest BCUT2D eigenvalue weighted by Crippen LogP contribution is 2.45. The molecule has 0 aliphatic heterocycles. The van der Waals surface area contributed by atoms with Crippen molar-refractivity contribution in [3.63, 3.8) is 0 Å². The van der Waals surface area contributed by atoms with E-state index in [0.29, 0.717) is 5.41 Å². The van der Waals surface area contributed by atoms with Gasteiger partial charge in [-0.25, -0.2) is 0 Å². The van der Waals surface area contributed by atoms with Gasteiger partial charge in [-0.2, -0.15) is 0 Å². The Kier molecular flexibility index (Phi) is 2.09. The van der Waals surface area contributed by atoms with Crippen LogP contribution in [-0.4, -0.2) is 0 Å². The smallest absolute Gasteiger partial charge is 0.0127 e. The van der Waals surface area contributed by atoms with Gasteiger partial charge in [-0.15, -0.1) is 0 Å². The van der Waals surface area contributed by atoms with Gasteiger partial charge in [0.05, 0.1) is 0 Å². The fourth-order valence-electron chi connectivity index (χ4n) is 2.80. The lowest BCUT2D eigenvalue weighted by molar-refractivity contribution is 0.248. The van der Waals surface area contributed by atoms with Crippen molar-refractivity contribution in [2.75, 3.05) is 0 Å². The molecule has 0 spiro atoms. The Labute approximate surface area is 81.7 Å². The van der Waals surface area contributed by atoms with E-state index < -0.39 is 0 Å². The molecule has 2 aliphatic rings. The predicted octanol–water partition coefficient (Wildman–Crippen LogP) is 4.09. The first-order chi connectivity index (χ1) is 6.09. The summed E-state index contributed by atoms with van der Waals surface area (Å²) in [5.41, 5.74) is 3.87. The maximum Gasteiger partial charge on any atom is -0.0127 e. The van der Waals surface area contributed by atoms with E-state index >= 15 is 0 Å². The van der Waals surface area contributed by atoms with E-state index in [4.69, 9.17) is 0 Å². The third-order valence-corrected chi connectivity index (χ3v) is 3.47. The van der Waals surface area contributed by atoms with Crippen molar-refractivity contribution < 1.29 is 0 Å². The van der Waals surface area contributed by atoms with E-state index in [1.165, 1.54) is 25.7 Å². The van der Waals surface area contributed by atoms with Crippen LogP contribution in [0.2, 0.25) is 0 Å². The van der Waals surface area contributed by atoms with Gasteiger partial charge in [0.1, 0.15) is 0 Å². The SMILES string of the molecule is CC(C)(C)C1CCCC2=C1CC=C2. The zero-order valence-electron chi connectivity index (χ0n) is 9.06. The van der Waals surface area contributed by atoms with E-state index in [1.54, 1.807) is 11.1 Å². The van der Waals surface area contributed by atoms with Crippen molar-refractivity contribution in [1.29, 1.82) is 0 Å². The second-order valence-electron chi connectivity index (χ2n) is 5.47. The molecule has 0 heteroatoms. The van der Waals surface area contributed by atoms with Crippen LogP contribution in [0.3, 0.4) is 0 Å². The molecule has 0 saturated heterocycles. The van der Waals surface area contributed by atoms with Crippen molar-refractivity contribution in [3.05, 3.63) is 23.3 Å². The minimum Gasteiger partial charge on any atom is -0.0802 e. The van der Waals surface area contributed by atoms with Crippen LogP contribution in [0.5, 0.6) is 0 Å². The molecular weight excluding hydrogens is 156 g/mol. The second kappa shape index (κ2) is 3.01. The van der Waals surface area contributed by atoms with Crippen LogP contribution in [-0.2, 0) is 0 Å². The Morgan fingerprint density at radius 1 is 1.31 bits per heavy atom. The minimum absolute atomic E-state index is 0.465. The fourth-order valence-corrected chi connectivity index (χ4v) is 2.80. The highest BCUT2D eigenvalue weighted by Gasteiger charge is 2.32. The summed E-state index contributed by atoms with van der Waals surface area (Å²) in [6.45, 7) is 7.14. The number of hydrogen-bond acceptors (Lipinski definition) is 0. The average Bonchev–Trinajstić information content (AvgIpc) is 2.48. The van der Waals surface area contributed by atoms with Crippen LogP contribution >= 0.6 is 0 Å². The maximum atomic E-state index is 2.38. The van der Waals surface area contributed by atoms with Crippen LogP contribution < -0.4 is 0 Å². The molecule has 0 heterocycles. The maximum absolute atomic E-state index is 2.38. The molecule has 0 amide bonds. The van der Waals surface area contributed by atoms with Crippen LogP contribution in [0.1, 0.15) is 46.5 Å². The van der Waals surface area contributed by atoms with Crippen LogP contribution in [0.15, 0.2) is 23.3 Å². The van der Waals surface area contributed by atoms with Gasteiger partial charge in [-0.1, -0.05) is 38.5 Å². The third kappa shape index (κ3) is 1.59. The summed E-state index contributed by atoms with van der Waals surface area (Å²) >= 11 is 0. The van der Waals surface area contributed by atoms with Gasteiger partial charge in [0, 0.05) is 0 Å². The molecule has 2 aliphatic carbocycles. The lowest BCUT2D eigenvalue weighted by Gasteiger charge is -2.35. The van der Waals surface area contributed by atoms with Crippen molar-refractivity contribution in [2.24, 2.45) is 11.3 Å². The van der Waals surface area contributed by atoms with Gasteiger partial charge in [0.25, 0.3) is 0 Å². The van der Waals surface area contributed by atoms with Gasteiger partial charge in [0.15, 0.2) is 0 Å². The van der Waals surface area contributed by atoms with Crippen molar-refractivity contribution >= 4 is 0 Å². The Morgan fingerprint density at radius 3 is 2.77 bits per heavy atom. The molecule has 1 atom stereocenters. The summed E-state index contributed by atoms with van der Waals surface area (Å²) in [7, 11) is 0. The summed E-state index contributed by atoms with van der Waals surface area (Å²) in [5, 5.41) is 0. The predicted molar refractivity (Wildman–Crippen MR) is 57.6 cm³/mol. The first-order valence-electron chi connectivity index (χ1n) is 5.47. The van der Waals surface area contributed by atoms with Gasteiger partial charge in [-0.3, -0.25) is 0 Å². The molecule has 1 unspecified atom stereocenters. The van der Waals surface area contributed by atoms with Crippen LogP contribution in [0.25, 0.3) is 0 Å². The quantitative estimate of drug-likeness (QED) is 0.521. The topological polar surface area (TPSA) is 0 Å². The molecule has 0 radical (unpaired) electrons. The molecule has 2 rings (SSSR count). The lowest BCUT2D eigenvalue weighted by Crippen LogP contribution is -2.24. The number of allylic oxidation sites excluding steroid dienone is 4. The Morgan fingerprint density at radius 2 is 2.08 bits per heavy atom. The Bertz CT molecular complexity index is 260. The highest BCUT2D eigenvalue weighted by molar-refractivity contribution is 5.37. The van der Waals surface area contributed by atoms with Gasteiger partial charge in [-0.05, 0) is 42.6 Å². The molecule has 0 aromatic carbocycles. The minimum atomic E-state index is 0.465. The third-order valence-electron chi connectivity index (χ3n) is 3.47. The Balaban J connectivity index is 2.27. The van der Waals surface area contributed by atoms with Crippen molar-refractivity contribution in [1.82, 2.24) is 0 Å². The normalized spacial score (nSPS) is 28.1. The van der Waals surface area contributed by atoms with Crippen LogP contribution in [0.4, 0.5) is 0 Å². The summed E-state index contributed by atoms with van der Waals surface area (Å²) in [6.07, 6.45) is 10.1. The zero-order valence-corrected chi connectivity index (χ0v) is 9.06. The molecule has 72 valence electrons. The summed E-state index contributed by atoms with van der Waals surface area (Å²) in [4.78, 5) is 0. The van der Waals surface area contributed by atoms with Gasteiger partial charge < -0.3 is 0 Å². The van der Waals surface area contributed by atoms with Crippen LogP contribution in [0, 0.1) is 11.3 Å². The number of hydrogen-bond donors (Lipinski definition) is 0. The molecule has 13 heavy (non-hydrogen) atoms. The van der Waals surface area contributed by atoms with Crippen molar-refractivity contribution in [3.8, 4) is 0 Å². The summed E-state index contributed by atoms with van der Waals surface area (Å²) in [6, 6.07) is 0. The Hall–Kier alpha value is -0.520. The summed E-state index contributed by atoms with van der Waals surface area (Å²) in [5.74, 6) is 0.839. The largest absolute Gasteiger partial charge is 0.0802 e. The highest BCUT2D eigenvalue weighted by atomic mass is 14.4. The average molecular weight is 176 g/mol. The van der Waals surface area contributed by atoms with E-state index in [9.17, 15) is 0 Å². The van der Waals surface area contributed by atoms with Crippen molar-refractivity contribution in [2.45, 2.75) is 46.5 Å². The second-order valence-corrected chi connectivity index (χ2v) is 5.47. The number of rotatable bonds is 0. The zero-order chi connectivity index (χ0) is 9.47. The van der Waals surface area contributed by atoms with Gasteiger partial charge >= 0.3 is 0 Å². The standard InChI is InChI=1S/C13H20/c1-13(2,3)12-9-5-7-10-6-4-8-11(10)12/h4,6,12H,5,7-9H2,1-3H3. The molecule has 0 N–H and O–H groups in total. The monoisotopic (exact) mass is 176 g/mol. The lowest BCUT2D eigenvalue weighted by atomic mass is 9.69. The first-order valence-corrected chi connectivity index (χ1v) is 5.47. The first kappa shape index (κ1) is 9.05. The molecule has 0 aromatic rings. The molecule has 0 fully saturated rings. The summed E-state index contributed by atoms with van der Waals surface area (Å²) < 4.78 is 0. The molecule has 0 nitrogen and oxygen atoms in total. The van der Waals surface area contributed by atoms with Gasteiger partial charge in [0.2, 0.25) is 0 Å².